The molecule has 1 fully saturated rings. The van der Waals surface area contributed by atoms with Crippen LogP contribution < -0.4 is 15.5 Å². The van der Waals surface area contributed by atoms with Crippen molar-refractivity contribution < 1.29 is 19.2 Å². The summed E-state index contributed by atoms with van der Waals surface area (Å²) in [5.41, 5.74) is 3.43. The van der Waals surface area contributed by atoms with Crippen LogP contribution >= 0.6 is 22.6 Å². The minimum absolute atomic E-state index is 0.0155. The van der Waals surface area contributed by atoms with Crippen molar-refractivity contribution >= 4 is 57.3 Å². The first-order valence-corrected chi connectivity index (χ1v) is 11.7. The number of rotatable bonds is 5. The second-order valence-electron chi connectivity index (χ2n) is 8.00. The van der Waals surface area contributed by atoms with E-state index >= 15 is 0 Å². The minimum Gasteiger partial charge on any atom is -0.371 e. The lowest BCUT2D eigenvalue weighted by molar-refractivity contribution is -0.174. The first-order valence-electron chi connectivity index (χ1n) is 10.7. The molecule has 172 valence electrons. The summed E-state index contributed by atoms with van der Waals surface area (Å²) in [4.78, 5) is 44.1. The fraction of sp³-hybridized carbons (Fsp3) is 0.292. The van der Waals surface area contributed by atoms with Gasteiger partial charge in [0.05, 0.1) is 12.7 Å². The predicted octanol–water partition coefficient (Wildman–Crippen LogP) is 3.25. The maximum Gasteiger partial charge on any atom is 0.260 e. The number of nitrogens with one attached hydrogen (secondary N) is 2. The highest BCUT2D eigenvalue weighted by Gasteiger charge is 2.28. The zero-order valence-corrected chi connectivity index (χ0v) is 20.6. The highest BCUT2D eigenvalue weighted by atomic mass is 127. The van der Waals surface area contributed by atoms with E-state index in [-0.39, 0.29) is 17.7 Å². The summed E-state index contributed by atoms with van der Waals surface area (Å²) >= 11 is 2.16. The van der Waals surface area contributed by atoms with Crippen molar-refractivity contribution in [2.75, 3.05) is 37.5 Å². The molecule has 0 unspecified atom stereocenters. The van der Waals surface area contributed by atoms with E-state index in [1.165, 1.54) is 12.2 Å². The SMILES string of the molecule is CON(C)C(=O)C1CCN(c2ccc(N/C=C3\C(=O)NC(=O)c4ccc(I)cc43)cc2)CC1. The Kier molecular flexibility index (Phi) is 6.99. The van der Waals surface area contributed by atoms with E-state index in [1.807, 2.05) is 36.4 Å². The summed E-state index contributed by atoms with van der Waals surface area (Å²) in [6, 6.07) is 13.3. The molecule has 2 aliphatic heterocycles. The van der Waals surface area contributed by atoms with Crippen LogP contribution in [0.25, 0.3) is 5.57 Å². The molecule has 0 aromatic heterocycles. The molecule has 2 heterocycles. The summed E-state index contributed by atoms with van der Waals surface area (Å²) in [5, 5.41) is 6.86. The Hall–Kier alpha value is -2.92. The number of benzene rings is 2. The highest BCUT2D eigenvalue weighted by Crippen LogP contribution is 2.28. The number of carbonyl (C=O) groups is 3. The molecule has 0 spiro atoms. The van der Waals surface area contributed by atoms with Gasteiger partial charge in [-0.05, 0) is 77.9 Å². The molecule has 8 nitrogen and oxygen atoms in total. The Morgan fingerprint density at radius 1 is 1.12 bits per heavy atom. The third-order valence-electron chi connectivity index (χ3n) is 6.03. The Labute approximate surface area is 206 Å². The van der Waals surface area contributed by atoms with Gasteiger partial charge in [-0.2, -0.15) is 0 Å². The highest BCUT2D eigenvalue weighted by molar-refractivity contribution is 14.1. The fourth-order valence-electron chi connectivity index (χ4n) is 4.10. The quantitative estimate of drug-likeness (QED) is 0.253. The lowest BCUT2D eigenvalue weighted by Gasteiger charge is -2.34. The average molecular weight is 560 g/mol. The molecule has 2 aromatic carbocycles. The molecule has 0 atom stereocenters. The number of carbonyl (C=O) groups excluding carboxylic acids is 3. The van der Waals surface area contributed by atoms with Crippen LogP contribution in [-0.2, 0) is 14.4 Å². The number of piperidine rings is 1. The molecular formula is C24H25IN4O4. The number of hydrogen-bond acceptors (Lipinski definition) is 6. The number of imide groups is 1. The second-order valence-corrected chi connectivity index (χ2v) is 9.25. The number of halogens is 1. The van der Waals surface area contributed by atoms with E-state index in [2.05, 4.69) is 38.1 Å². The molecule has 33 heavy (non-hydrogen) atoms. The standard InChI is InChI=1S/C24H25IN4O4/c1-28(33-2)24(32)15-9-11-29(12-10-15)18-6-4-17(5-7-18)26-14-21-20-13-16(25)3-8-19(20)22(30)27-23(21)31/h3-8,13-15,26H,9-12H2,1-2H3,(H,27,30,31)/b21-14-. The van der Waals surface area contributed by atoms with Crippen LogP contribution in [0.5, 0.6) is 0 Å². The summed E-state index contributed by atoms with van der Waals surface area (Å²) in [6.07, 6.45) is 3.20. The van der Waals surface area contributed by atoms with Gasteiger partial charge < -0.3 is 10.2 Å². The zero-order valence-electron chi connectivity index (χ0n) is 18.4. The molecule has 0 aliphatic carbocycles. The van der Waals surface area contributed by atoms with E-state index in [1.54, 1.807) is 19.3 Å². The van der Waals surface area contributed by atoms with Crippen molar-refractivity contribution in [3.05, 3.63) is 63.4 Å². The molecule has 0 radical (unpaired) electrons. The van der Waals surface area contributed by atoms with Gasteiger partial charge >= 0.3 is 0 Å². The minimum atomic E-state index is -0.421. The van der Waals surface area contributed by atoms with Crippen molar-refractivity contribution in [1.29, 1.82) is 0 Å². The van der Waals surface area contributed by atoms with Crippen LogP contribution in [0.4, 0.5) is 11.4 Å². The molecule has 2 N–H and O–H groups in total. The van der Waals surface area contributed by atoms with Gasteiger partial charge in [0.1, 0.15) is 0 Å². The van der Waals surface area contributed by atoms with Crippen LogP contribution in [0, 0.1) is 9.49 Å². The Balaban J connectivity index is 1.42. The number of hydroxylamine groups is 2. The van der Waals surface area contributed by atoms with Crippen LogP contribution in [-0.4, -0.2) is 50.0 Å². The fourth-order valence-corrected chi connectivity index (χ4v) is 4.59. The van der Waals surface area contributed by atoms with E-state index in [9.17, 15) is 14.4 Å². The smallest absolute Gasteiger partial charge is 0.260 e. The third-order valence-corrected chi connectivity index (χ3v) is 6.70. The monoisotopic (exact) mass is 560 g/mol. The van der Waals surface area contributed by atoms with Gasteiger partial charge in [0.15, 0.2) is 0 Å². The first kappa shape index (κ1) is 23.2. The molecule has 2 aromatic rings. The number of nitrogens with zero attached hydrogens (tertiary/aromatic N) is 2. The molecule has 1 saturated heterocycles. The molecule has 3 amide bonds. The topological polar surface area (TPSA) is 91.0 Å². The average Bonchev–Trinajstić information content (AvgIpc) is 2.83. The lowest BCUT2D eigenvalue weighted by atomic mass is 9.95. The molecule has 0 saturated carbocycles. The maximum atomic E-state index is 12.4. The zero-order chi connectivity index (χ0) is 23.5. The van der Waals surface area contributed by atoms with E-state index in [0.29, 0.717) is 16.7 Å². The number of amides is 3. The molecule has 4 rings (SSSR count). The Morgan fingerprint density at radius 2 is 1.82 bits per heavy atom. The van der Waals surface area contributed by atoms with Gasteiger partial charge in [-0.25, -0.2) is 5.06 Å². The molecular weight excluding hydrogens is 535 g/mol. The van der Waals surface area contributed by atoms with Crippen molar-refractivity contribution in [3.63, 3.8) is 0 Å². The van der Waals surface area contributed by atoms with E-state index in [0.717, 1.165) is 40.9 Å². The van der Waals surface area contributed by atoms with Gasteiger partial charge in [0.25, 0.3) is 11.8 Å². The number of anilines is 2. The van der Waals surface area contributed by atoms with Gasteiger partial charge in [-0.3, -0.25) is 24.5 Å². The van der Waals surface area contributed by atoms with Gasteiger partial charge in [-0.1, -0.05) is 0 Å². The normalized spacial score (nSPS) is 17.5. The maximum absolute atomic E-state index is 12.4. The van der Waals surface area contributed by atoms with Crippen LogP contribution in [0.15, 0.2) is 48.7 Å². The van der Waals surface area contributed by atoms with Crippen LogP contribution in [0.3, 0.4) is 0 Å². The molecule has 9 heteroatoms. The van der Waals surface area contributed by atoms with E-state index in [4.69, 9.17) is 4.84 Å². The van der Waals surface area contributed by atoms with E-state index < -0.39 is 5.91 Å². The lowest BCUT2D eigenvalue weighted by Crippen LogP contribution is -2.41. The predicted molar refractivity (Wildman–Crippen MR) is 134 cm³/mol. The van der Waals surface area contributed by atoms with Gasteiger partial charge in [0.2, 0.25) is 5.91 Å². The largest absolute Gasteiger partial charge is 0.371 e. The Bertz CT molecular complexity index is 1110. The third kappa shape index (κ3) is 5.03. The Morgan fingerprint density at radius 3 is 2.48 bits per heavy atom. The van der Waals surface area contributed by atoms with Crippen LogP contribution in [0.2, 0.25) is 0 Å². The number of fused-ring (bicyclic) bond motifs is 1. The molecule has 0 bridgehead atoms. The van der Waals surface area contributed by atoms with Gasteiger partial charge in [-0.15, -0.1) is 0 Å². The summed E-state index contributed by atoms with van der Waals surface area (Å²) < 4.78 is 0.948. The first-order chi connectivity index (χ1) is 15.9. The second kappa shape index (κ2) is 9.92. The van der Waals surface area contributed by atoms with Crippen molar-refractivity contribution in [2.24, 2.45) is 5.92 Å². The van der Waals surface area contributed by atoms with Crippen molar-refractivity contribution in [3.8, 4) is 0 Å². The summed E-state index contributed by atoms with van der Waals surface area (Å²) in [5.74, 6) is -0.796. The van der Waals surface area contributed by atoms with Crippen molar-refractivity contribution in [1.82, 2.24) is 10.4 Å². The summed E-state index contributed by atoms with van der Waals surface area (Å²) in [6.45, 7) is 1.60. The number of hydrogen-bond donors (Lipinski definition) is 2. The van der Waals surface area contributed by atoms with Crippen LogP contribution in [0.1, 0.15) is 28.8 Å². The van der Waals surface area contributed by atoms with Crippen molar-refractivity contribution in [2.45, 2.75) is 12.8 Å². The summed E-state index contributed by atoms with van der Waals surface area (Å²) in [7, 11) is 3.14. The van der Waals surface area contributed by atoms with Gasteiger partial charge in [0, 0.05) is 58.3 Å². The molecule has 2 aliphatic rings.